The fourth-order valence-corrected chi connectivity index (χ4v) is 3.22. The monoisotopic (exact) mass is 477 g/mol. The van der Waals surface area contributed by atoms with Crippen LogP contribution in [0.4, 0.5) is 25.1 Å². The molecule has 0 amide bonds. The fourth-order valence-electron chi connectivity index (χ4n) is 3.22. The Labute approximate surface area is 200 Å². The summed E-state index contributed by atoms with van der Waals surface area (Å²) in [4.78, 5) is 21.7. The van der Waals surface area contributed by atoms with Gasteiger partial charge < -0.3 is 10.6 Å². The normalized spacial score (nSPS) is 13.8. The zero-order chi connectivity index (χ0) is 24.7. The molecule has 0 saturated carbocycles. The number of benzene rings is 1. The van der Waals surface area contributed by atoms with Crippen molar-refractivity contribution in [3.05, 3.63) is 95.1 Å². The standard InChI is InChI=1S/C25H22F3N7/c1-2-5-18-13-22(30-15-18)34-24-33-21(10-9-17-6-3-8-20(12-17)25(26,27)28)32-23(35-24)31-16-19-7-4-11-29-14-19/h2-14H,15-16H2,1H3,(H2,30,31,32,33,34,35)/b5-2+,10-9+. The van der Waals surface area contributed by atoms with E-state index >= 15 is 0 Å². The fraction of sp³-hybridized carbons (Fsp3) is 0.160. The number of alkyl halides is 3. The molecule has 1 aliphatic heterocycles. The lowest BCUT2D eigenvalue weighted by Crippen LogP contribution is -2.14. The summed E-state index contributed by atoms with van der Waals surface area (Å²) in [6.07, 6.45) is 7.85. The van der Waals surface area contributed by atoms with Gasteiger partial charge in [-0.2, -0.15) is 28.1 Å². The minimum absolute atomic E-state index is 0.258. The lowest BCUT2D eigenvalue weighted by Gasteiger charge is -2.09. The van der Waals surface area contributed by atoms with Crippen LogP contribution < -0.4 is 10.6 Å². The highest BCUT2D eigenvalue weighted by molar-refractivity contribution is 6.05. The zero-order valence-electron chi connectivity index (χ0n) is 18.8. The molecule has 3 aromatic rings. The Bertz CT molecular complexity index is 1300. The number of hydrogen-bond donors (Lipinski definition) is 2. The van der Waals surface area contributed by atoms with E-state index in [2.05, 4.69) is 35.6 Å². The topological polar surface area (TPSA) is 88.0 Å². The van der Waals surface area contributed by atoms with Crippen molar-refractivity contribution in [3.63, 3.8) is 0 Å². The van der Waals surface area contributed by atoms with Crippen LogP contribution >= 0.6 is 0 Å². The molecule has 0 fully saturated rings. The summed E-state index contributed by atoms with van der Waals surface area (Å²) in [6, 6.07) is 8.77. The number of amidine groups is 1. The minimum atomic E-state index is -4.42. The van der Waals surface area contributed by atoms with E-state index in [1.807, 2.05) is 37.3 Å². The predicted molar refractivity (Wildman–Crippen MR) is 131 cm³/mol. The Morgan fingerprint density at radius 3 is 2.63 bits per heavy atom. The Balaban J connectivity index is 1.58. The van der Waals surface area contributed by atoms with Gasteiger partial charge in [0.15, 0.2) is 5.82 Å². The van der Waals surface area contributed by atoms with Crippen molar-refractivity contribution >= 4 is 29.9 Å². The molecule has 0 spiro atoms. The largest absolute Gasteiger partial charge is 0.416 e. The highest BCUT2D eigenvalue weighted by atomic mass is 19.4. The molecule has 4 rings (SSSR count). The van der Waals surface area contributed by atoms with Gasteiger partial charge in [0.05, 0.1) is 12.1 Å². The van der Waals surface area contributed by atoms with Gasteiger partial charge in [-0.15, -0.1) is 0 Å². The highest BCUT2D eigenvalue weighted by Gasteiger charge is 2.30. The summed E-state index contributed by atoms with van der Waals surface area (Å²) in [5, 5.41) is 6.21. The number of pyridine rings is 1. The van der Waals surface area contributed by atoms with Crippen molar-refractivity contribution in [3.8, 4) is 0 Å². The summed E-state index contributed by atoms with van der Waals surface area (Å²) >= 11 is 0. The van der Waals surface area contributed by atoms with Crippen LogP contribution in [0.3, 0.4) is 0 Å². The SMILES string of the molecule is C/C=C/C1=CC(Nc2nc(/C=C/c3cccc(C(F)(F)F)c3)nc(NCc3cccnc3)n2)=NC1. The van der Waals surface area contributed by atoms with E-state index in [0.717, 1.165) is 23.3 Å². The number of anilines is 2. The van der Waals surface area contributed by atoms with Crippen LogP contribution in [0.15, 0.2) is 77.6 Å². The Morgan fingerprint density at radius 2 is 1.86 bits per heavy atom. The van der Waals surface area contributed by atoms with Crippen LogP contribution in [0.1, 0.15) is 29.4 Å². The first-order chi connectivity index (χ1) is 16.9. The third kappa shape index (κ3) is 6.83. The maximum Gasteiger partial charge on any atom is 0.416 e. The van der Waals surface area contributed by atoms with Gasteiger partial charge in [-0.05, 0) is 54.0 Å². The average molecular weight is 477 g/mol. The molecule has 2 N–H and O–H groups in total. The molecule has 0 aliphatic carbocycles. The molecule has 1 aromatic carbocycles. The highest BCUT2D eigenvalue weighted by Crippen LogP contribution is 2.29. The van der Waals surface area contributed by atoms with Crippen molar-refractivity contribution in [2.24, 2.45) is 4.99 Å². The lowest BCUT2D eigenvalue weighted by atomic mass is 10.1. The number of nitrogens with one attached hydrogen (secondary N) is 2. The number of allylic oxidation sites excluding steroid dienone is 1. The number of halogens is 3. The summed E-state index contributed by atoms with van der Waals surface area (Å²) in [6.45, 7) is 2.91. The summed E-state index contributed by atoms with van der Waals surface area (Å²) < 4.78 is 39.1. The molecule has 7 nitrogen and oxygen atoms in total. The smallest absolute Gasteiger partial charge is 0.350 e. The first-order valence-electron chi connectivity index (χ1n) is 10.8. The van der Waals surface area contributed by atoms with E-state index in [0.29, 0.717) is 30.4 Å². The van der Waals surface area contributed by atoms with Gasteiger partial charge in [-0.1, -0.05) is 36.4 Å². The molecule has 0 atom stereocenters. The average Bonchev–Trinajstić information content (AvgIpc) is 3.28. The molecule has 0 bridgehead atoms. The van der Waals surface area contributed by atoms with Gasteiger partial charge >= 0.3 is 6.18 Å². The maximum absolute atomic E-state index is 13.0. The van der Waals surface area contributed by atoms with Gasteiger partial charge in [0, 0.05) is 18.9 Å². The van der Waals surface area contributed by atoms with E-state index in [-0.39, 0.29) is 11.8 Å². The van der Waals surface area contributed by atoms with E-state index in [1.165, 1.54) is 18.2 Å². The van der Waals surface area contributed by atoms with Crippen molar-refractivity contribution in [1.29, 1.82) is 0 Å². The van der Waals surface area contributed by atoms with E-state index in [1.54, 1.807) is 18.5 Å². The van der Waals surface area contributed by atoms with Gasteiger partial charge in [0.25, 0.3) is 0 Å². The zero-order valence-corrected chi connectivity index (χ0v) is 18.8. The molecular weight excluding hydrogens is 455 g/mol. The molecule has 10 heteroatoms. The quantitative estimate of drug-likeness (QED) is 0.474. The van der Waals surface area contributed by atoms with Crippen molar-refractivity contribution < 1.29 is 13.2 Å². The van der Waals surface area contributed by atoms with Gasteiger partial charge in [0.1, 0.15) is 5.84 Å². The minimum Gasteiger partial charge on any atom is -0.350 e. The Hall–Kier alpha value is -4.34. The first-order valence-corrected chi connectivity index (χ1v) is 10.8. The maximum atomic E-state index is 13.0. The van der Waals surface area contributed by atoms with Crippen molar-refractivity contribution in [2.75, 3.05) is 17.2 Å². The van der Waals surface area contributed by atoms with Gasteiger partial charge in [-0.25, -0.2) is 0 Å². The van der Waals surface area contributed by atoms with Crippen LogP contribution in [0, 0.1) is 0 Å². The van der Waals surface area contributed by atoms with Crippen LogP contribution in [-0.4, -0.2) is 32.3 Å². The second-order valence-corrected chi connectivity index (χ2v) is 7.56. The summed E-state index contributed by atoms with van der Waals surface area (Å²) in [7, 11) is 0. The van der Waals surface area contributed by atoms with E-state index in [4.69, 9.17) is 0 Å². The number of aliphatic imine (C=N–C) groups is 1. The second kappa shape index (κ2) is 10.7. The summed E-state index contributed by atoms with van der Waals surface area (Å²) in [5.41, 5.74) is 1.63. The summed E-state index contributed by atoms with van der Waals surface area (Å²) in [5.74, 6) is 1.43. The number of nitrogens with zero attached hydrogens (tertiary/aromatic N) is 5. The molecule has 0 unspecified atom stereocenters. The molecule has 1 aliphatic rings. The van der Waals surface area contributed by atoms with Gasteiger partial charge in [0.2, 0.25) is 11.9 Å². The first kappa shape index (κ1) is 23.8. The van der Waals surface area contributed by atoms with Crippen LogP contribution in [0.2, 0.25) is 0 Å². The van der Waals surface area contributed by atoms with Crippen LogP contribution in [0.25, 0.3) is 12.2 Å². The van der Waals surface area contributed by atoms with E-state index < -0.39 is 11.7 Å². The molecule has 0 saturated heterocycles. The number of hydrogen-bond acceptors (Lipinski definition) is 7. The van der Waals surface area contributed by atoms with Crippen molar-refractivity contribution in [1.82, 2.24) is 19.9 Å². The Morgan fingerprint density at radius 1 is 1.00 bits per heavy atom. The number of rotatable bonds is 7. The van der Waals surface area contributed by atoms with Gasteiger partial charge in [-0.3, -0.25) is 9.98 Å². The number of aromatic nitrogens is 4. The van der Waals surface area contributed by atoms with Crippen LogP contribution in [0.5, 0.6) is 0 Å². The second-order valence-electron chi connectivity index (χ2n) is 7.56. The predicted octanol–water partition coefficient (Wildman–Crippen LogP) is 5.39. The molecule has 0 radical (unpaired) electrons. The van der Waals surface area contributed by atoms with Crippen molar-refractivity contribution in [2.45, 2.75) is 19.6 Å². The molecular formula is C25H22F3N7. The molecule has 178 valence electrons. The lowest BCUT2D eigenvalue weighted by molar-refractivity contribution is -0.137. The third-order valence-corrected chi connectivity index (χ3v) is 4.84. The Kier molecular flexibility index (Phi) is 7.30. The van der Waals surface area contributed by atoms with Crippen LogP contribution in [-0.2, 0) is 12.7 Å². The molecule has 35 heavy (non-hydrogen) atoms. The third-order valence-electron chi connectivity index (χ3n) is 4.84. The van der Waals surface area contributed by atoms with E-state index in [9.17, 15) is 13.2 Å². The molecule has 2 aromatic heterocycles. The molecule has 3 heterocycles.